The molecule has 156 valence electrons. The Hall–Kier alpha value is -2.58. The molecule has 1 aliphatic heterocycles. The maximum absolute atomic E-state index is 13.0. The first-order valence-electron chi connectivity index (χ1n) is 9.09. The van der Waals surface area contributed by atoms with Crippen molar-refractivity contribution < 1.29 is 37.3 Å². The van der Waals surface area contributed by atoms with Crippen molar-refractivity contribution >= 4 is 5.97 Å². The van der Waals surface area contributed by atoms with Crippen molar-refractivity contribution in [3.05, 3.63) is 65.2 Å². The molecule has 1 aliphatic rings. The van der Waals surface area contributed by atoms with Crippen molar-refractivity contribution in [3.63, 3.8) is 0 Å². The van der Waals surface area contributed by atoms with Gasteiger partial charge in [0.05, 0.1) is 30.6 Å². The van der Waals surface area contributed by atoms with Crippen molar-refractivity contribution in [1.29, 1.82) is 0 Å². The summed E-state index contributed by atoms with van der Waals surface area (Å²) in [6.07, 6.45) is -5.51. The number of benzene rings is 2. The molecule has 0 saturated carbocycles. The fraction of sp³-hybridized carbons (Fsp3) is 0.381. The van der Waals surface area contributed by atoms with Crippen LogP contribution in [0.15, 0.2) is 48.5 Å². The first-order chi connectivity index (χ1) is 13.7. The summed E-state index contributed by atoms with van der Waals surface area (Å²) in [4.78, 5) is 11.1. The van der Waals surface area contributed by atoms with Gasteiger partial charge in [-0.2, -0.15) is 13.2 Å². The normalized spacial score (nSPS) is 16.7. The molecule has 2 aromatic carbocycles. The van der Waals surface area contributed by atoms with E-state index in [0.717, 1.165) is 17.7 Å². The highest BCUT2D eigenvalue weighted by Gasteiger charge is 2.42. The van der Waals surface area contributed by atoms with Crippen LogP contribution >= 0.6 is 0 Å². The van der Waals surface area contributed by atoms with Gasteiger partial charge in [0.25, 0.3) is 0 Å². The summed E-state index contributed by atoms with van der Waals surface area (Å²) in [5.41, 5.74) is -0.282. The van der Waals surface area contributed by atoms with Crippen LogP contribution in [0.4, 0.5) is 13.2 Å². The molecule has 0 aromatic heterocycles. The van der Waals surface area contributed by atoms with Gasteiger partial charge >= 0.3 is 12.1 Å². The van der Waals surface area contributed by atoms with Gasteiger partial charge in [-0.1, -0.05) is 24.3 Å². The molecule has 0 aliphatic carbocycles. The van der Waals surface area contributed by atoms with E-state index in [1.807, 2.05) is 0 Å². The fourth-order valence-electron chi connectivity index (χ4n) is 3.23. The van der Waals surface area contributed by atoms with Gasteiger partial charge in [-0.3, -0.25) is 4.79 Å². The number of rotatable bonds is 8. The zero-order chi connectivity index (χ0) is 21.1. The van der Waals surface area contributed by atoms with Crippen LogP contribution < -0.4 is 4.74 Å². The van der Waals surface area contributed by atoms with E-state index in [2.05, 4.69) is 0 Å². The van der Waals surface area contributed by atoms with Crippen molar-refractivity contribution in [2.75, 3.05) is 19.8 Å². The van der Waals surface area contributed by atoms with Gasteiger partial charge in [0.15, 0.2) is 0 Å². The van der Waals surface area contributed by atoms with Crippen LogP contribution in [0, 0.1) is 0 Å². The van der Waals surface area contributed by atoms with Gasteiger partial charge in [-0.05, 0) is 36.8 Å². The molecule has 29 heavy (non-hydrogen) atoms. The number of carboxylic acids is 1. The van der Waals surface area contributed by atoms with Crippen LogP contribution in [0.1, 0.15) is 36.3 Å². The number of hydrogen-bond acceptors (Lipinski definition) is 4. The van der Waals surface area contributed by atoms with Crippen LogP contribution in [0.2, 0.25) is 0 Å². The van der Waals surface area contributed by atoms with Gasteiger partial charge in [0.2, 0.25) is 6.29 Å². The van der Waals surface area contributed by atoms with E-state index in [1.54, 1.807) is 31.2 Å². The van der Waals surface area contributed by atoms with Gasteiger partial charge in [-0.15, -0.1) is 0 Å². The maximum atomic E-state index is 13.0. The number of carbonyl (C=O) groups is 1. The Morgan fingerprint density at radius 1 is 1.21 bits per heavy atom. The van der Waals surface area contributed by atoms with E-state index in [4.69, 9.17) is 19.3 Å². The molecule has 3 rings (SSSR count). The second-order valence-corrected chi connectivity index (χ2v) is 6.90. The second kappa shape index (κ2) is 8.42. The lowest BCUT2D eigenvalue weighted by molar-refractivity contribution is -0.145. The van der Waals surface area contributed by atoms with Crippen LogP contribution in [0.5, 0.6) is 5.75 Å². The predicted octanol–water partition coefficient (Wildman–Crippen LogP) is 4.56. The Labute approximate surface area is 166 Å². The molecule has 5 nitrogen and oxygen atoms in total. The number of alkyl halides is 3. The SMILES string of the molecule is CCOC(Oc1ccc(C2(CC(=O)O)COC2)cc1)c1cccc(C(F)(F)F)c1. The lowest BCUT2D eigenvalue weighted by atomic mass is 9.76. The highest BCUT2D eigenvalue weighted by Crippen LogP contribution is 2.37. The van der Waals surface area contributed by atoms with E-state index in [1.165, 1.54) is 12.1 Å². The third-order valence-electron chi connectivity index (χ3n) is 4.76. The Bertz CT molecular complexity index is 844. The number of ether oxygens (including phenoxy) is 3. The minimum atomic E-state index is -4.46. The molecule has 0 spiro atoms. The van der Waals surface area contributed by atoms with Gasteiger partial charge in [0.1, 0.15) is 5.75 Å². The first-order valence-corrected chi connectivity index (χ1v) is 9.09. The Kier molecular flexibility index (Phi) is 6.14. The highest BCUT2D eigenvalue weighted by molar-refractivity contribution is 5.69. The molecule has 1 heterocycles. The molecule has 2 aromatic rings. The molecule has 0 radical (unpaired) electrons. The van der Waals surface area contributed by atoms with Crippen LogP contribution in [-0.2, 0) is 25.9 Å². The topological polar surface area (TPSA) is 65.0 Å². The third kappa shape index (κ3) is 4.89. The lowest BCUT2D eigenvalue weighted by Crippen LogP contribution is -2.48. The van der Waals surface area contributed by atoms with Crippen molar-refractivity contribution in [2.24, 2.45) is 0 Å². The molecule has 1 atom stereocenters. The van der Waals surface area contributed by atoms with Gasteiger partial charge < -0.3 is 19.3 Å². The zero-order valence-corrected chi connectivity index (χ0v) is 15.7. The Morgan fingerprint density at radius 2 is 1.90 bits per heavy atom. The molecular weight excluding hydrogens is 389 g/mol. The molecule has 1 saturated heterocycles. The molecule has 1 unspecified atom stereocenters. The largest absolute Gasteiger partial charge is 0.481 e. The molecule has 0 amide bonds. The third-order valence-corrected chi connectivity index (χ3v) is 4.76. The molecular formula is C21H21F3O5. The predicted molar refractivity (Wildman–Crippen MR) is 97.6 cm³/mol. The monoisotopic (exact) mass is 410 g/mol. The van der Waals surface area contributed by atoms with Gasteiger partial charge in [-0.25, -0.2) is 0 Å². The summed E-state index contributed by atoms with van der Waals surface area (Å²) in [5, 5.41) is 9.14. The smallest absolute Gasteiger partial charge is 0.416 e. The molecule has 8 heteroatoms. The van der Waals surface area contributed by atoms with Crippen LogP contribution in [0.3, 0.4) is 0 Å². The summed E-state index contributed by atoms with van der Waals surface area (Å²) in [7, 11) is 0. The quantitative estimate of drug-likeness (QED) is 0.647. The summed E-state index contributed by atoms with van der Waals surface area (Å²) >= 11 is 0. The number of halogens is 3. The van der Waals surface area contributed by atoms with Gasteiger partial charge in [0, 0.05) is 12.2 Å². The summed E-state index contributed by atoms with van der Waals surface area (Å²) in [6, 6.07) is 11.6. The van der Waals surface area contributed by atoms with Crippen molar-refractivity contribution in [3.8, 4) is 5.75 Å². The van der Waals surface area contributed by atoms with E-state index in [0.29, 0.717) is 19.0 Å². The molecule has 1 fully saturated rings. The zero-order valence-electron chi connectivity index (χ0n) is 15.7. The van der Waals surface area contributed by atoms with E-state index in [9.17, 15) is 18.0 Å². The average molecular weight is 410 g/mol. The van der Waals surface area contributed by atoms with E-state index >= 15 is 0 Å². The minimum absolute atomic E-state index is 0.0426. The number of carboxylic acid groups (broad SMARTS) is 1. The molecule has 1 N–H and O–H groups in total. The summed E-state index contributed by atoms with van der Waals surface area (Å²) in [6.45, 7) is 2.62. The lowest BCUT2D eigenvalue weighted by Gasteiger charge is -2.40. The minimum Gasteiger partial charge on any atom is -0.481 e. The standard InChI is InChI=1S/C21H21F3O5/c1-2-28-19(14-4-3-5-16(10-14)21(22,23)24)29-17-8-6-15(7-9-17)20(11-18(25)26)12-27-13-20/h3-10,19H,2,11-13H2,1H3,(H,25,26). The van der Waals surface area contributed by atoms with E-state index in [-0.39, 0.29) is 18.6 Å². The first kappa shape index (κ1) is 21.1. The Balaban J connectivity index is 1.79. The van der Waals surface area contributed by atoms with Crippen LogP contribution in [-0.4, -0.2) is 30.9 Å². The van der Waals surface area contributed by atoms with Crippen molar-refractivity contribution in [1.82, 2.24) is 0 Å². The summed E-state index contributed by atoms with van der Waals surface area (Å²) in [5.74, 6) is -0.509. The van der Waals surface area contributed by atoms with Crippen molar-refractivity contribution in [2.45, 2.75) is 31.2 Å². The Morgan fingerprint density at radius 3 is 2.41 bits per heavy atom. The second-order valence-electron chi connectivity index (χ2n) is 6.90. The fourth-order valence-corrected chi connectivity index (χ4v) is 3.23. The highest BCUT2D eigenvalue weighted by atomic mass is 19.4. The number of hydrogen-bond donors (Lipinski definition) is 1. The molecule has 0 bridgehead atoms. The number of aliphatic carboxylic acids is 1. The van der Waals surface area contributed by atoms with Crippen LogP contribution in [0.25, 0.3) is 0 Å². The maximum Gasteiger partial charge on any atom is 0.416 e. The summed E-state index contributed by atoms with van der Waals surface area (Å²) < 4.78 is 55.5. The average Bonchev–Trinajstić information content (AvgIpc) is 2.64. The van der Waals surface area contributed by atoms with E-state index < -0.39 is 29.4 Å².